The minimum atomic E-state index is -0.0148. The fourth-order valence-electron chi connectivity index (χ4n) is 3.13. The molecule has 0 saturated carbocycles. The van der Waals surface area contributed by atoms with Crippen LogP contribution in [0, 0.1) is 5.92 Å². The summed E-state index contributed by atoms with van der Waals surface area (Å²) in [4.78, 5) is 9.73. The second kappa shape index (κ2) is 7.31. The number of hydrogen-bond donors (Lipinski definition) is 0. The standard InChI is InChI=1S/C18H35N5/c1-14(2)8-9-16-19-17(23(20-16)18(3,4)5)13-22-11-10-15(12-22)21(6)7/h14-15H,8-13H2,1-7H3. The summed E-state index contributed by atoms with van der Waals surface area (Å²) in [7, 11) is 4.35. The van der Waals surface area contributed by atoms with Crippen LogP contribution in [-0.2, 0) is 18.5 Å². The van der Waals surface area contributed by atoms with Crippen molar-refractivity contribution < 1.29 is 0 Å². The minimum Gasteiger partial charge on any atom is -0.305 e. The number of hydrogen-bond acceptors (Lipinski definition) is 4. The molecule has 0 aromatic carbocycles. The van der Waals surface area contributed by atoms with Gasteiger partial charge in [-0.2, -0.15) is 5.10 Å². The van der Waals surface area contributed by atoms with Crippen molar-refractivity contribution in [3.05, 3.63) is 11.6 Å². The first-order valence-corrected chi connectivity index (χ1v) is 9.01. The molecule has 0 radical (unpaired) electrons. The lowest BCUT2D eigenvalue weighted by Crippen LogP contribution is -2.33. The van der Waals surface area contributed by atoms with Crippen LogP contribution in [0.2, 0.25) is 0 Å². The van der Waals surface area contributed by atoms with Crippen molar-refractivity contribution in [2.75, 3.05) is 27.2 Å². The van der Waals surface area contributed by atoms with Gasteiger partial charge in [-0.3, -0.25) is 4.90 Å². The van der Waals surface area contributed by atoms with E-state index in [1.165, 1.54) is 6.42 Å². The van der Waals surface area contributed by atoms with Crippen molar-refractivity contribution in [2.45, 2.75) is 72.0 Å². The molecule has 1 aromatic rings. The van der Waals surface area contributed by atoms with E-state index in [2.05, 4.69) is 63.2 Å². The van der Waals surface area contributed by atoms with E-state index in [1.807, 2.05) is 0 Å². The molecular formula is C18H35N5. The third kappa shape index (κ3) is 5.01. The smallest absolute Gasteiger partial charge is 0.151 e. The number of likely N-dealkylation sites (N-methyl/N-ethyl adjacent to an activating group) is 1. The summed E-state index contributed by atoms with van der Waals surface area (Å²) in [6, 6.07) is 0.668. The van der Waals surface area contributed by atoms with Crippen molar-refractivity contribution in [1.29, 1.82) is 0 Å². The van der Waals surface area contributed by atoms with Crippen LogP contribution >= 0.6 is 0 Å². The zero-order valence-corrected chi connectivity index (χ0v) is 16.1. The Morgan fingerprint density at radius 1 is 1.26 bits per heavy atom. The number of aromatic nitrogens is 3. The molecule has 0 aliphatic carbocycles. The zero-order valence-electron chi connectivity index (χ0n) is 16.1. The average molecular weight is 322 g/mol. The van der Waals surface area contributed by atoms with E-state index in [0.717, 1.165) is 44.1 Å². The van der Waals surface area contributed by atoms with Gasteiger partial charge in [0.15, 0.2) is 5.82 Å². The largest absolute Gasteiger partial charge is 0.305 e. The fraction of sp³-hybridized carbons (Fsp3) is 0.889. The number of rotatable bonds is 6. The third-order valence-electron chi connectivity index (χ3n) is 4.64. The summed E-state index contributed by atoms with van der Waals surface area (Å²) in [6.07, 6.45) is 3.38. The SMILES string of the molecule is CC(C)CCc1nc(CN2CCC(N(C)C)C2)n(C(C)(C)C)n1. The van der Waals surface area contributed by atoms with Gasteiger partial charge in [0.05, 0.1) is 12.1 Å². The monoisotopic (exact) mass is 321 g/mol. The van der Waals surface area contributed by atoms with Crippen LogP contribution in [0.25, 0.3) is 0 Å². The van der Waals surface area contributed by atoms with Crippen LogP contribution in [0.15, 0.2) is 0 Å². The van der Waals surface area contributed by atoms with Crippen molar-refractivity contribution in [1.82, 2.24) is 24.6 Å². The maximum Gasteiger partial charge on any atom is 0.151 e. The Labute approximate surface area is 142 Å². The molecule has 0 bridgehead atoms. The molecule has 1 saturated heterocycles. The summed E-state index contributed by atoms with van der Waals surface area (Å²) in [5.41, 5.74) is -0.0148. The van der Waals surface area contributed by atoms with E-state index in [0.29, 0.717) is 12.0 Å². The Morgan fingerprint density at radius 3 is 2.48 bits per heavy atom. The fourth-order valence-corrected chi connectivity index (χ4v) is 3.13. The van der Waals surface area contributed by atoms with E-state index < -0.39 is 0 Å². The van der Waals surface area contributed by atoms with E-state index in [9.17, 15) is 0 Å². The third-order valence-corrected chi connectivity index (χ3v) is 4.64. The van der Waals surface area contributed by atoms with Crippen LogP contribution < -0.4 is 0 Å². The highest BCUT2D eigenvalue weighted by molar-refractivity contribution is 4.99. The van der Waals surface area contributed by atoms with Crippen LogP contribution in [0.3, 0.4) is 0 Å². The van der Waals surface area contributed by atoms with Gasteiger partial charge in [-0.1, -0.05) is 13.8 Å². The molecule has 5 heteroatoms. The predicted molar refractivity (Wildman–Crippen MR) is 95.5 cm³/mol. The molecule has 132 valence electrons. The molecule has 1 atom stereocenters. The van der Waals surface area contributed by atoms with Gasteiger partial charge < -0.3 is 4.90 Å². The summed E-state index contributed by atoms with van der Waals surface area (Å²) >= 11 is 0. The topological polar surface area (TPSA) is 37.2 Å². The van der Waals surface area contributed by atoms with Crippen molar-refractivity contribution >= 4 is 0 Å². The average Bonchev–Trinajstić information content (AvgIpc) is 3.03. The lowest BCUT2D eigenvalue weighted by atomic mass is 10.1. The van der Waals surface area contributed by atoms with E-state index in [-0.39, 0.29) is 5.54 Å². The Morgan fingerprint density at radius 2 is 1.96 bits per heavy atom. The van der Waals surface area contributed by atoms with Gasteiger partial charge in [-0.05, 0) is 53.6 Å². The maximum absolute atomic E-state index is 4.88. The Hall–Kier alpha value is -0.940. The van der Waals surface area contributed by atoms with E-state index in [4.69, 9.17) is 10.1 Å². The molecule has 1 aliphatic rings. The predicted octanol–water partition coefficient (Wildman–Crippen LogP) is 2.76. The number of aryl methyl sites for hydroxylation is 1. The molecular weight excluding hydrogens is 286 g/mol. The molecule has 5 nitrogen and oxygen atoms in total. The van der Waals surface area contributed by atoms with Gasteiger partial charge in [0.1, 0.15) is 5.82 Å². The first kappa shape index (κ1) is 18.4. The van der Waals surface area contributed by atoms with E-state index in [1.54, 1.807) is 0 Å². The molecule has 2 heterocycles. The normalized spacial score (nSPS) is 20.1. The molecule has 23 heavy (non-hydrogen) atoms. The molecule has 2 rings (SSSR count). The Kier molecular flexibility index (Phi) is 5.84. The summed E-state index contributed by atoms with van der Waals surface area (Å²) in [5, 5.41) is 4.82. The molecule has 1 fully saturated rings. The van der Waals surface area contributed by atoms with Gasteiger partial charge in [-0.25, -0.2) is 9.67 Å². The lowest BCUT2D eigenvalue weighted by molar-refractivity contribution is 0.248. The summed E-state index contributed by atoms with van der Waals surface area (Å²) in [6.45, 7) is 14.3. The van der Waals surface area contributed by atoms with Crippen LogP contribution in [0.5, 0.6) is 0 Å². The Balaban J connectivity index is 2.10. The highest BCUT2D eigenvalue weighted by atomic mass is 15.4. The maximum atomic E-state index is 4.88. The van der Waals surface area contributed by atoms with Gasteiger partial charge >= 0.3 is 0 Å². The van der Waals surface area contributed by atoms with Crippen LogP contribution in [0.1, 0.15) is 59.1 Å². The zero-order chi connectivity index (χ0) is 17.2. The highest BCUT2D eigenvalue weighted by Crippen LogP contribution is 2.20. The number of likely N-dealkylation sites (tertiary alicyclic amines) is 1. The van der Waals surface area contributed by atoms with Crippen molar-refractivity contribution in [3.63, 3.8) is 0 Å². The van der Waals surface area contributed by atoms with Gasteiger partial charge in [-0.15, -0.1) is 0 Å². The van der Waals surface area contributed by atoms with Gasteiger partial charge in [0.25, 0.3) is 0 Å². The minimum absolute atomic E-state index is 0.0148. The highest BCUT2D eigenvalue weighted by Gasteiger charge is 2.27. The van der Waals surface area contributed by atoms with Crippen LogP contribution in [0.4, 0.5) is 0 Å². The lowest BCUT2D eigenvalue weighted by Gasteiger charge is -2.24. The second-order valence-electron chi connectivity index (χ2n) is 8.60. The Bertz CT molecular complexity index is 498. The van der Waals surface area contributed by atoms with E-state index >= 15 is 0 Å². The molecule has 0 spiro atoms. The summed E-state index contributed by atoms with van der Waals surface area (Å²) < 4.78 is 2.14. The first-order chi connectivity index (χ1) is 10.7. The molecule has 0 amide bonds. The van der Waals surface area contributed by atoms with Crippen molar-refractivity contribution in [2.24, 2.45) is 5.92 Å². The second-order valence-corrected chi connectivity index (χ2v) is 8.60. The molecule has 1 aromatic heterocycles. The molecule has 0 N–H and O–H groups in total. The van der Waals surface area contributed by atoms with Crippen molar-refractivity contribution in [3.8, 4) is 0 Å². The van der Waals surface area contributed by atoms with Crippen LogP contribution in [-0.4, -0.2) is 57.8 Å². The quantitative estimate of drug-likeness (QED) is 0.807. The molecule has 1 aliphatic heterocycles. The summed E-state index contributed by atoms with van der Waals surface area (Å²) in [5.74, 6) is 2.82. The van der Waals surface area contributed by atoms with Gasteiger partial charge in [0, 0.05) is 25.6 Å². The molecule has 1 unspecified atom stereocenters. The number of nitrogens with zero attached hydrogens (tertiary/aromatic N) is 5. The van der Waals surface area contributed by atoms with Gasteiger partial charge in [0.2, 0.25) is 0 Å². The first-order valence-electron chi connectivity index (χ1n) is 9.01.